The summed E-state index contributed by atoms with van der Waals surface area (Å²) in [6.07, 6.45) is 9.04. The highest BCUT2D eigenvalue weighted by Gasteiger charge is 2.51. The van der Waals surface area contributed by atoms with E-state index in [1.54, 1.807) is 13.0 Å². The fourth-order valence-corrected chi connectivity index (χ4v) is 7.40. The molecule has 4 aliphatic carbocycles. The van der Waals surface area contributed by atoms with E-state index in [2.05, 4.69) is 10.2 Å². The van der Waals surface area contributed by atoms with Crippen LogP contribution in [-0.4, -0.2) is 40.4 Å². The van der Waals surface area contributed by atoms with Crippen molar-refractivity contribution in [1.29, 1.82) is 0 Å². The zero-order chi connectivity index (χ0) is 20.9. The van der Waals surface area contributed by atoms with Crippen LogP contribution < -0.4 is 0 Å². The molecule has 0 aromatic carbocycles. The predicted octanol–water partition coefficient (Wildman–Crippen LogP) is 4.61. The summed E-state index contributed by atoms with van der Waals surface area (Å²) >= 11 is 1.35. The number of amides is 1. The molecule has 4 saturated carbocycles. The lowest BCUT2D eigenvalue weighted by molar-refractivity contribution is -0.135. The molecule has 160 valence electrons. The number of carbonyl (C=O) groups is 2. The Morgan fingerprint density at radius 3 is 2.40 bits per heavy atom. The maximum Gasteiger partial charge on any atom is 0.257 e. The topological polar surface area (TPSA) is 76.3 Å². The van der Waals surface area contributed by atoms with Crippen molar-refractivity contribution < 1.29 is 14.0 Å². The normalized spacial score (nSPS) is 29.3. The molecule has 6 nitrogen and oxygen atoms in total. The Kier molecular flexibility index (Phi) is 5.04. The second-order valence-corrected chi connectivity index (χ2v) is 11.0. The summed E-state index contributed by atoms with van der Waals surface area (Å²) in [5.41, 5.74) is 0.365. The molecule has 2 aromatic rings. The van der Waals surface area contributed by atoms with E-state index < -0.39 is 0 Å². The van der Waals surface area contributed by atoms with Gasteiger partial charge in [-0.3, -0.25) is 9.59 Å². The fraction of sp³-hybridized carbons (Fsp3) is 0.652. The number of thiophene rings is 1. The molecule has 0 radical (unpaired) electrons. The molecule has 2 aromatic heterocycles. The van der Waals surface area contributed by atoms with Crippen LogP contribution in [-0.2, 0) is 11.2 Å². The molecule has 0 saturated heterocycles. The molecule has 0 unspecified atom stereocenters. The van der Waals surface area contributed by atoms with Crippen molar-refractivity contribution in [3.63, 3.8) is 0 Å². The lowest BCUT2D eigenvalue weighted by atomic mass is 9.49. The van der Waals surface area contributed by atoms with Gasteiger partial charge in [-0.05, 0) is 80.8 Å². The molecule has 6 rings (SSSR count). The Labute approximate surface area is 181 Å². The molecule has 0 N–H and O–H groups in total. The Bertz CT molecular complexity index is 927. The van der Waals surface area contributed by atoms with Gasteiger partial charge in [0.2, 0.25) is 11.8 Å². The van der Waals surface area contributed by atoms with E-state index in [1.165, 1.54) is 49.9 Å². The van der Waals surface area contributed by atoms with Crippen LogP contribution in [0.4, 0.5) is 0 Å². The van der Waals surface area contributed by atoms with Crippen LogP contribution in [0.25, 0.3) is 10.8 Å². The summed E-state index contributed by atoms with van der Waals surface area (Å²) in [5.74, 6) is 3.77. The Morgan fingerprint density at radius 2 is 1.80 bits per heavy atom. The van der Waals surface area contributed by atoms with Gasteiger partial charge in [0.1, 0.15) is 0 Å². The summed E-state index contributed by atoms with van der Waals surface area (Å²) < 4.78 is 5.73. The van der Waals surface area contributed by atoms with Gasteiger partial charge in [-0.2, -0.15) is 0 Å². The summed E-state index contributed by atoms with van der Waals surface area (Å²) in [6.45, 7) is 2.44. The van der Waals surface area contributed by atoms with E-state index >= 15 is 0 Å². The number of Topliss-reactive ketones (excluding diaryl/α,β-unsaturated/α-hetero) is 1. The highest BCUT2D eigenvalue weighted by Crippen LogP contribution is 2.60. The number of aryl methyl sites for hydroxylation is 1. The Morgan fingerprint density at radius 1 is 1.13 bits per heavy atom. The minimum Gasteiger partial charge on any atom is -0.420 e. The largest absolute Gasteiger partial charge is 0.420 e. The van der Waals surface area contributed by atoms with Gasteiger partial charge in [0.25, 0.3) is 5.89 Å². The molecule has 4 aliphatic rings. The molecule has 7 heteroatoms. The van der Waals surface area contributed by atoms with Crippen molar-refractivity contribution in [2.45, 2.75) is 58.3 Å². The van der Waals surface area contributed by atoms with E-state index in [-0.39, 0.29) is 11.7 Å². The van der Waals surface area contributed by atoms with Crippen molar-refractivity contribution >= 4 is 23.0 Å². The average molecular weight is 428 g/mol. The van der Waals surface area contributed by atoms with Gasteiger partial charge in [-0.1, -0.05) is 0 Å². The van der Waals surface area contributed by atoms with Crippen molar-refractivity contribution in [2.75, 3.05) is 13.6 Å². The number of nitrogens with zero attached hydrogens (tertiary/aromatic N) is 3. The SMILES string of the molecule is CC(=O)c1ccc(-c2nnc(CCC(=O)N(C)CC34CC5CC(CC(C5)C3)C4)o2)s1. The van der Waals surface area contributed by atoms with Gasteiger partial charge in [0, 0.05) is 26.4 Å². The molecule has 1 amide bonds. The highest BCUT2D eigenvalue weighted by molar-refractivity contribution is 7.17. The van der Waals surface area contributed by atoms with Crippen LogP contribution in [0.3, 0.4) is 0 Å². The van der Waals surface area contributed by atoms with Gasteiger partial charge >= 0.3 is 0 Å². The van der Waals surface area contributed by atoms with Crippen LogP contribution in [0.5, 0.6) is 0 Å². The summed E-state index contributed by atoms with van der Waals surface area (Å²) in [6, 6.07) is 3.60. The standard InChI is InChI=1S/C23H29N3O3S/c1-14(27)18-3-4-19(30-18)22-25-24-20(29-22)5-6-21(28)26(2)13-23-10-15-7-16(11-23)9-17(8-15)12-23/h3-4,15-17H,5-13H2,1-2H3. The minimum atomic E-state index is 0.0265. The van der Waals surface area contributed by atoms with Gasteiger partial charge in [-0.25, -0.2) is 0 Å². The summed E-state index contributed by atoms with van der Waals surface area (Å²) in [5, 5.41) is 8.18. The molecule has 2 heterocycles. The van der Waals surface area contributed by atoms with Gasteiger partial charge in [-0.15, -0.1) is 21.5 Å². The molecule has 30 heavy (non-hydrogen) atoms. The molecule has 4 bridgehead atoms. The van der Waals surface area contributed by atoms with Gasteiger partial charge in [0.05, 0.1) is 9.75 Å². The first-order chi connectivity index (χ1) is 14.4. The molecular formula is C23H29N3O3S. The Hall–Kier alpha value is -2.02. The fourth-order valence-electron chi connectivity index (χ4n) is 6.58. The second-order valence-electron chi connectivity index (χ2n) is 9.89. The first-order valence-corrected chi connectivity index (χ1v) is 11.9. The smallest absolute Gasteiger partial charge is 0.257 e. The van der Waals surface area contributed by atoms with Crippen molar-refractivity contribution in [2.24, 2.45) is 23.2 Å². The zero-order valence-corrected chi connectivity index (χ0v) is 18.5. The third-order valence-electron chi connectivity index (χ3n) is 7.35. The zero-order valence-electron chi connectivity index (χ0n) is 17.7. The predicted molar refractivity (Wildman–Crippen MR) is 114 cm³/mol. The van der Waals surface area contributed by atoms with Crippen molar-refractivity contribution in [3.8, 4) is 10.8 Å². The Balaban J connectivity index is 1.16. The molecule has 4 fully saturated rings. The highest BCUT2D eigenvalue weighted by atomic mass is 32.1. The van der Waals surface area contributed by atoms with Crippen LogP contribution in [0.1, 0.15) is 67.4 Å². The minimum absolute atomic E-state index is 0.0265. The van der Waals surface area contributed by atoms with E-state index in [0.717, 1.165) is 29.2 Å². The van der Waals surface area contributed by atoms with Crippen LogP contribution >= 0.6 is 11.3 Å². The van der Waals surface area contributed by atoms with E-state index in [9.17, 15) is 9.59 Å². The third kappa shape index (κ3) is 3.84. The number of hydrogen-bond acceptors (Lipinski definition) is 6. The van der Waals surface area contributed by atoms with Crippen molar-refractivity contribution in [3.05, 3.63) is 22.9 Å². The number of carbonyl (C=O) groups excluding carboxylic acids is 2. The van der Waals surface area contributed by atoms with E-state index in [4.69, 9.17) is 4.42 Å². The number of rotatable bonds is 7. The van der Waals surface area contributed by atoms with Gasteiger partial charge < -0.3 is 9.32 Å². The maximum atomic E-state index is 12.8. The molecule has 0 spiro atoms. The first-order valence-electron chi connectivity index (χ1n) is 11.1. The summed E-state index contributed by atoms with van der Waals surface area (Å²) in [4.78, 5) is 27.7. The van der Waals surface area contributed by atoms with E-state index in [1.807, 2.05) is 18.0 Å². The molecule has 0 aliphatic heterocycles. The van der Waals surface area contributed by atoms with E-state index in [0.29, 0.717) is 34.9 Å². The monoisotopic (exact) mass is 427 g/mol. The second kappa shape index (κ2) is 7.59. The molecule has 0 atom stereocenters. The lowest BCUT2D eigenvalue weighted by Crippen LogP contribution is -2.51. The first kappa shape index (κ1) is 19.9. The van der Waals surface area contributed by atoms with Crippen LogP contribution in [0.15, 0.2) is 16.5 Å². The summed E-state index contributed by atoms with van der Waals surface area (Å²) in [7, 11) is 1.95. The van der Waals surface area contributed by atoms with Crippen LogP contribution in [0, 0.1) is 23.2 Å². The average Bonchev–Trinajstić information content (AvgIpc) is 3.34. The maximum absolute atomic E-state index is 12.8. The quantitative estimate of drug-likeness (QED) is 0.603. The van der Waals surface area contributed by atoms with Gasteiger partial charge in [0.15, 0.2) is 5.78 Å². The number of aromatic nitrogens is 2. The van der Waals surface area contributed by atoms with Crippen LogP contribution in [0.2, 0.25) is 0 Å². The number of ketones is 1. The third-order valence-corrected chi connectivity index (χ3v) is 8.52. The lowest BCUT2D eigenvalue weighted by Gasteiger charge is -2.57. The molecular weight excluding hydrogens is 398 g/mol. The number of hydrogen-bond donors (Lipinski definition) is 0. The van der Waals surface area contributed by atoms with Crippen molar-refractivity contribution in [1.82, 2.24) is 15.1 Å².